The van der Waals surface area contributed by atoms with Crippen molar-refractivity contribution in [2.45, 2.75) is 6.04 Å². The maximum atomic E-state index is 10.6. The van der Waals surface area contributed by atoms with Crippen LogP contribution in [0.1, 0.15) is 0 Å². The van der Waals surface area contributed by atoms with Gasteiger partial charge in [-0.25, -0.2) is 9.79 Å². The first-order valence-electron chi connectivity index (χ1n) is 4.03. The molecule has 0 aliphatic carbocycles. The van der Waals surface area contributed by atoms with Crippen LogP contribution < -0.4 is 0 Å². The maximum Gasteiger partial charge on any atom is 0.354 e. The summed E-state index contributed by atoms with van der Waals surface area (Å²) in [6, 6.07) is -0.264. The number of aliphatic imine (C=N–C) groups is 2. The summed E-state index contributed by atoms with van der Waals surface area (Å²) in [7, 11) is 1.51. The van der Waals surface area contributed by atoms with Gasteiger partial charge in [-0.15, -0.1) is 0 Å². The van der Waals surface area contributed by atoms with E-state index in [1.54, 1.807) is 12.3 Å². The Balaban J connectivity index is 2.31. The van der Waals surface area contributed by atoms with Gasteiger partial charge in [0.2, 0.25) is 5.88 Å². The van der Waals surface area contributed by atoms with Gasteiger partial charge in [0.1, 0.15) is 11.8 Å². The van der Waals surface area contributed by atoms with Crippen LogP contribution >= 0.6 is 0 Å². The minimum Gasteiger partial charge on any atom is -0.481 e. The predicted molar refractivity (Wildman–Crippen MR) is 50.5 cm³/mol. The third-order valence-corrected chi connectivity index (χ3v) is 1.98. The van der Waals surface area contributed by atoms with Crippen molar-refractivity contribution < 1.29 is 14.6 Å². The molecule has 0 saturated heterocycles. The molecular weight excluding hydrogens is 184 g/mol. The summed E-state index contributed by atoms with van der Waals surface area (Å²) in [5, 5.41) is 8.71. The highest BCUT2D eigenvalue weighted by Gasteiger charge is 2.24. The van der Waals surface area contributed by atoms with Gasteiger partial charge in [-0.3, -0.25) is 4.99 Å². The SMILES string of the molecule is COC1=CC2=CC(C(=O)O)=N[C@H]2C=N1. The highest BCUT2D eigenvalue weighted by molar-refractivity contribution is 6.41. The van der Waals surface area contributed by atoms with Crippen LogP contribution in [-0.2, 0) is 9.53 Å². The molecule has 1 atom stereocenters. The number of aliphatic carboxylic acids is 1. The lowest BCUT2D eigenvalue weighted by Crippen LogP contribution is -2.11. The molecule has 0 amide bonds. The van der Waals surface area contributed by atoms with Crippen molar-refractivity contribution in [3.8, 4) is 0 Å². The first-order chi connectivity index (χ1) is 6.70. The molecule has 2 rings (SSSR count). The molecule has 0 radical (unpaired) electrons. The molecule has 0 aromatic carbocycles. The second-order valence-corrected chi connectivity index (χ2v) is 2.87. The Morgan fingerprint density at radius 1 is 1.57 bits per heavy atom. The summed E-state index contributed by atoms with van der Waals surface area (Å²) >= 11 is 0. The summed E-state index contributed by atoms with van der Waals surface area (Å²) in [5.41, 5.74) is 0.860. The fourth-order valence-electron chi connectivity index (χ4n) is 1.30. The molecule has 5 heteroatoms. The molecule has 0 unspecified atom stereocenters. The monoisotopic (exact) mass is 192 g/mol. The molecule has 1 N–H and O–H groups in total. The Morgan fingerprint density at radius 2 is 2.36 bits per heavy atom. The minimum atomic E-state index is -1.02. The van der Waals surface area contributed by atoms with Gasteiger partial charge < -0.3 is 9.84 Å². The number of ether oxygens (including phenoxy) is 1. The number of fused-ring (bicyclic) bond motifs is 1. The second-order valence-electron chi connectivity index (χ2n) is 2.87. The lowest BCUT2D eigenvalue weighted by Gasteiger charge is -2.10. The van der Waals surface area contributed by atoms with E-state index in [2.05, 4.69) is 9.98 Å². The third kappa shape index (κ3) is 1.32. The number of rotatable bonds is 2. The van der Waals surface area contributed by atoms with E-state index in [0.717, 1.165) is 5.57 Å². The van der Waals surface area contributed by atoms with Crippen LogP contribution in [0.4, 0.5) is 0 Å². The summed E-state index contributed by atoms with van der Waals surface area (Å²) in [5.74, 6) is -0.554. The second kappa shape index (κ2) is 3.10. The molecule has 0 fully saturated rings. The van der Waals surface area contributed by atoms with Gasteiger partial charge in [0.25, 0.3) is 0 Å². The normalized spacial score (nSPS) is 23.5. The number of hydrogen-bond donors (Lipinski definition) is 1. The van der Waals surface area contributed by atoms with Crippen molar-refractivity contribution in [2.75, 3.05) is 7.11 Å². The topological polar surface area (TPSA) is 71.2 Å². The quantitative estimate of drug-likeness (QED) is 0.688. The van der Waals surface area contributed by atoms with Crippen LogP contribution in [-0.4, -0.2) is 36.2 Å². The average Bonchev–Trinajstić information content (AvgIpc) is 2.59. The van der Waals surface area contributed by atoms with E-state index in [-0.39, 0.29) is 11.8 Å². The zero-order chi connectivity index (χ0) is 10.1. The molecule has 2 aliphatic rings. The fraction of sp³-hybridized carbons (Fsp3) is 0.222. The molecule has 2 aliphatic heterocycles. The Kier molecular flexibility index (Phi) is 1.92. The zero-order valence-electron chi connectivity index (χ0n) is 7.47. The Labute approximate surface area is 80.1 Å². The molecule has 72 valence electrons. The molecule has 0 spiro atoms. The maximum absolute atomic E-state index is 10.6. The van der Waals surface area contributed by atoms with Crippen LogP contribution in [0.15, 0.2) is 33.6 Å². The van der Waals surface area contributed by atoms with E-state index in [1.165, 1.54) is 13.2 Å². The Morgan fingerprint density at radius 3 is 3.00 bits per heavy atom. The molecule has 14 heavy (non-hydrogen) atoms. The highest BCUT2D eigenvalue weighted by atomic mass is 16.5. The third-order valence-electron chi connectivity index (χ3n) is 1.98. The standard InChI is InChI=1S/C9H8N2O3/c1-14-8-3-5-2-6(9(12)13)11-7(5)4-10-8/h2-4,7H,1H3,(H,12,13)/t7-/m0/s1. The van der Waals surface area contributed by atoms with Gasteiger partial charge in [-0.2, -0.15) is 0 Å². The molecule has 2 heterocycles. The van der Waals surface area contributed by atoms with Gasteiger partial charge in [0.15, 0.2) is 0 Å². The van der Waals surface area contributed by atoms with Crippen LogP contribution in [0, 0.1) is 0 Å². The van der Waals surface area contributed by atoms with Crippen molar-refractivity contribution in [3.63, 3.8) is 0 Å². The number of carbonyl (C=O) groups is 1. The van der Waals surface area contributed by atoms with E-state index >= 15 is 0 Å². The van der Waals surface area contributed by atoms with Crippen molar-refractivity contribution in [2.24, 2.45) is 9.98 Å². The number of methoxy groups -OCH3 is 1. The zero-order valence-corrected chi connectivity index (χ0v) is 7.47. The van der Waals surface area contributed by atoms with E-state index in [1.807, 2.05) is 0 Å². The number of nitrogens with zero attached hydrogens (tertiary/aromatic N) is 2. The predicted octanol–water partition coefficient (Wildman–Crippen LogP) is 0.393. The molecule has 0 bridgehead atoms. The van der Waals surface area contributed by atoms with Crippen LogP contribution in [0.2, 0.25) is 0 Å². The summed E-state index contributed by atoms with van der Waals surface area (Å²) in [6.07, 6.45) is 4.78. The summed E-state index contributed by atoms with van der Waals surface area (Å²) in [6.45, 7) is 0. The molecule has 0 aromatic rings. The number of hydrogen-bond acceptors (Lipinski definition) is 4. The van der Waals surface area contributed by atoms with Gasteiger partial charge in [-0.05, 0) is 11.6 Å². The Hall–Kier alpha value is -1.91. The average molecular weight is 192 g/mol. The number of carboxylic acid groups (broad SMARTS) is 1. The van der Waals surface area contributed by atoms with E-state index in [9.17, 15) is 4.79 Å². The lowest BCUT2D eigenvalue weighted by atomic mass is 10.1. The van der Waals surface area contributed by atoms with Crippen molar-refractivity contribution in [1.82, 2.24) is 0 Å². The van der Waals surface area contributed by atoms with Crippen molar-refractivity contribution in [3.05, 3.63) is 23.6 Å². The van der Waals surface area contributed by atoms with Crippen molar-refractivity contribution in [1.29, 1.82) is 0 Å². The summed E-state index contributed by atoms with van der Waals surface area (Å²) in [4.78, 5) is 18.5. The fourth-order valence-corrected chi connectivity index (χ4v) is 1.30. The largest absolute Gasteiger partial charge is 0.481 e. The van der Waals surface area contributed by atoms with Gasteiger partial charge in [0.05, 0.1) is 7.11 Å². The van der Waals surface area contributed by atoms with Crippen LogP contribution in [0.5, 0.6) is 0 Å². The molecular formula is C9H8N2O3. The van der Waals surface area contributed by atoms with E-state index in [0.29, 0.717) is 5.88 Å². The molecule has 5 nitrogen and oxygen atoms in total. The van der Waals surface area contributed by atoms with Gasteiger partial charge in [-0.1, -0.05) is 0 Å². The van der Waals surface area contributed by atoms with Gasteiger partial charge >= 0.3 is 5.97 Å². The first kappa shape index (κ1) is 8.68. The minimum absolute atomic E-state index is 0.0602. The van der Waals surface area contributed by atoms with Crippen LogP contribution in [0.3, 0.4) is 0 Å². The van der Waals surface area contributed by atoms with Crippen molar-refractivity contribution >= 4 is 17.9 Å². The van der Waals surface area contributed by atoms with E-state index in [4.69, 9.17) is 9.84 Å². The first-order valence-corrected chi connectivity index (χ1v) is 4.03. The molecule has 0 aromatic heterocycles. The number of carboxylic acids is 1. The van der Waals surface area contributed by atoms with Crippen LogP contribution in [0.25, 0.3) is 0 Å². The Bertz CT molecular complexity index is 404. The summed E-state index contributed by atoms with van der Waals surface area (Å²) < 4.78 is 4.92. The van der Waals surface area contributed by atoms with E-state index < -0.39 is 5.97 Å². The highest BCUT2D eigenvalue weighted by Crippen LogP contribution is 2.21. The molecule has 0 saturated carbocycles. The lowest BCUT2D eigenvalue weighted by molar-refractivity contribution is -0.129. The smallest absolute Gasteiger partial charge is 0.354 e. The van der Waals surface area contributed by atoms with Gasteiger partial charge in [0, 0.05) is 12.3 Å².